The predicted molar refractivity (Wildman–Crippen MR) is 116 cm³/mol. The van der Waals surface area contributed by atoms with Crippen LogP contribution >= 0.6 is 11.8 Å². The smallest absolute Gasteiger partial charge is 0.265 e. The van der Waals surface area contributed by atoms with Gasteiger partial charge in [0, 0.05) is 11.1 Å². The first-order valence-corrected chi connectivity index (χ1v) is 10.7. The molecule has 0 aromatic heterocycles. The monoisotopic (exact) mass is 440 g/mol. The van der Waals surface area contributed by atoms with Crippen LogP contribution in [0, 0.1) is 0 Å². The first kappa shape index (κ1) is 20.9. The summed E-state index contributed by atoms with van der Waals surface area (Å²) in [5, 5.41) is 4.93. The molecular weight excluding hydrogens is 420 g/mol. The molecule has 2 unspecified atom stereocenters. The molecule has 0 saturated carbocycles. The van der Waals surface area contributed by atoms with Gasteiger partial charge in [-0.25, -0.2) is 0 Å². The molecule has 2 aliphatic rings. The SMILES string of the molecule is CC1Oc2ccc(C(=O)CSC(C)C(=O)c3ccc4c(c3)NC(=O)CO4)cc2NC1=O. The maximum absolute atomic E-state index is 12.8. The Balaban J connectivity index is 1.39. The molecule has 0 bridgehead atoms. The maximum Gasteiger partial charge on any atom is 0.265 e. The highest BCUT2D eigenvalue weighted by Gasteiger charge is 2.25. The summed E-state index contributed by atoms with van der Waals surface area (Å²) in [4.78, 5) is 48.6. The minimum atomic E-state index is -0.583. The van der Waals surface area contributed by atoms with Crippen molar-refractivity contribution in [3.8, 4) is 11.5 Å². The normalized spacial score (nSPS) is 17.8. The number of fused-ring (bicyclic) bond motifs is 2. The Labute approximate surface area is 182 Å². The van der Waals surface area contributed by atoms with Gasteiger partial charge in [0.2, 0.25) is 0 Å². The molecule has 160 valence electrons. The fourth-order valence-corrected chi connectivity index (χ4v) is 4.07. The number of Topliss-reactive ketones (excluding diaryl/α,β-unsaturated/α-hetero) is 2. The molecule has 2 aromatic rings. The van der Waals surface area contributed by atoms with Crippen molar-refractivity contribution >= 4 is 46.5 Å². The Kier molecular flexibility index (Phi) is 5.69. The lowest BCUT2D eigenvalue weighted by Gasteiger charge is -2.23. The lowest BCUT2D eigenvalue weighted by atomic mass is 10.1. The van der Waals surface area contributed by atoms with Crippen molar-refractivity contribution in [2.24, 2.45) is 0 Å². The van der Waals surface area contributed by atoms with Crippen LogP contribution in [0.2, 0.25) is 0 Å². The topological polar surface area (TPSA) is 111 Å². The van der Waals surface area contributed by atoms with Gasteiger partial charge in [-0.3, -0.25) is 19.2 Å². The molecule has 0 spiro atoms. The summed E-state index contributed by atoms with van der Waals surface area (Å²) in [5.41, 5.74) is 1.78. The third kappa shape index (κ3) is 4.41. The van der Waals surface area contributed by atoms with E-state index in [0.717, 1.165) is 0 Å². The van der Waals surface area contributed by atoms with E-state index in [-0.39, 0.29) is 35.7 Å². The van der Waals surface area contributed by atoms with Crippen LogP contribution in [0.25, 0.3) is 0 Å². The minimum absolute atomic E-state index is 0.0494. The van der Waals surface area contributed by atoms with Gasteiger partial charge in [0.1, 0.15) is 11.5 Å². The molecule has 8 nitrogen and oxygen atoms in total. The lowest BCUT2D eigenvalue weighted by molar-refractivity contribution is -0.122. The second kappa shape index (κ2) is 8.43. The Morgan fingerprint density at radius 1 is 1.06 bits per heavy atom. The summed E-state index contributed by atoms with van der Waals surface area (Å²) in [6.45, 7) is 3.33. The van der Waals surface area contributed by atoms with Crippen molar-refractivity contribution in [3.63, 3.8) is 0 Å². The zero-order chi connectivity index (χ0) is 22.1. The number of ether oxygens (including phenoxy) is 2. The molecule has 0 fully saturated rings. The van der Waals surface area contributed by atoms with Crippen LogP contribution in [0.1, 0.15) is 34.6 Å². The highest BCUT2D eigenvalue weighted by atomic mass is 32.2. The van der Waals surface area contributed by atoms with Crippen molar-refractivity contribution in [1.82, 2.24) is 0 Å². The summed E-state index contributed by atoms with van der Waals surface area (Å²) in [5.74, 6) is 0.283. The molecule has 0 saturated heterocycles. The van der Waals surface area contributed by atoms with Crippen LogP contribution in [0.5, 0.6) is 11.5 Å². The number of benzene rings is 2. The van der Waals surface area contributed by atoms with Gasteiger partial charge in [0.05, 0.1) is 22.4 Å². The molecule has 2 amide bonds. The van der Waals surface area contributed by atoms with Crippen LogP contribution < -0.4 is 20.1 Å². The van der Waals surface area contributed by atoms with Crippen LogP contribution in [0.15, 0.2) is 36.4 Å². The molecule has 0 aliphatic carbocycles. The predicted octanol–water partition coefficient (Wildman–Crippen LogP) is 2.92. The van der Waals surface area contributed by atoms with E-state index in [1.165, 1.54) is 11.8 Å². The van der Waals surface area contributed by atoms with E-state index in [1.807, 2.05) is 0 Å². The molecular formula is C22H20N2O6S. The standard InChI is InChI=1S/C22H20N2O6S/c1-11-22(28)24-16-7-13(3-6-19(16)30-11)17(25)10-31-12(2)21(27)14-4-5-18-15(8-14)23-20(26)9-29-18/h3-8,11-12H,9-10H2,1-2H3,(H,23,26)(H,24,28). The molecule has 9 heteroatoms. The highest BCUT2D eigenvalue weighted by molar-refractivity contribution is 8.01. The van der Waals surface area contributed by atoms with Gasteiger partial charge in [-0.1, -0.05) is 0 Å². The van der Waals surface area contributed by atoms with E-state index in [2.05, 4.69) is 10.6 Å². The molecule has 2 heterocycles. The van der Waals surface area contributed by atoms with E-state index < -0.39 is 11.4 Å². The summed E-state index contributed by atoms with van der Waals surface area (Å²) in [6, 6.07) is 9.76. The Hall–Kier alpha value is -3.33. The number of ketones is 2. The largest absolute Gasteiger partial charge is 0.482 e. The van der Waals surface area contributed by atoms with Gasteiger partial charge in [-0.15, -0.1) is 11.8 Å². The third-order valence-electron chi connectivity index (χ3n) is 4.96. The molecule has 31 heavy (non-hydrogen) atoms. The number of thioether (sulfide) groups is 1. The average molecular weight is 440 g/mol. The number of nitrogens with one attached hydrogen (secondary N) is 2. The van der Waals surface area contributed by atoms with Crippen LogP contribution in [0.4, 0.5) is 11.4 Å². The molecule has 2 atom stereocenters. The van der Waals surface area contributed by atoms with Crippen molar-refractivity contribution < 1.29 is 28.7 Å². The Bertz CT molecular complexity index is 1100. The summed E-state index contributed by atoms with van der Waals surface area (Å²) in [7, 11) is 0. The van der Waals surface area contributed by atoms with Gasteiger partial charge < -0.3 is 20.1 Å². The third-order valence-corrected chi connectivity index (χ3v) is 6.11. The summed E-state index contributed by atoms with van der Waals surface area (Å²) >= 11 is 1.22. The van der Waals surface area contributed by atoms with Gasteiger partial charge in [0.15, 0.2) is 24.3 Å². The van der Waals surface area contributed by atoms with E-state index in [0.29, 0.717) is 34.0 Å². The van der Waals surface area contributed by atoms with E-state index in [1.54, 1.807) is 50.2 Å². The van der Waals surface area contributed by atoms with Crippen molar-refractivity contribution in [2.45, 2.75) is 25.2 Å². The van der Waals surface area contributed by atoms with Crippen molar-refractivity contribution in [3.05, 3.63) is 47.5 Å². The number of hydrogen-bond acceptors (Lipinski definition) is 7. The molecule has 4 rings (SSSR count). The molecule has 2 N–H and O–H groups in total. The first-order chi connectivity index (χ1) is 14.8. The Morgan fingerprint density at radius 3 is 2.55 bits per heavy atom. The van der Waals surface area contributed by atoms with Crippen LogP contribution in [-0.2, 0) is 9.59 Å². The zero-order valence-electron chi connectivity index (χ0n) is 16.9. The lowest BCUT2D eigenvalue weighted by Crippen LogP contribution is -2.34. The van der Waals surface area contributed by atoms with Crippen molar-refractivity contribution in [2.75, 3.05) is 23.0 Å². The van der Waals surface area contributed by atoms with Crippen LogP contribution in [-0.4, -0.2) is 47.1 Å². The number of anilines is 2. The zero-order valence-corrected chi connectivity index (χ0v) is 17.7. The fourth-order valence-electron chi connectivity index (χ4n) is 3.21. The van der Waals surface area contributed by atoms with E-state index in [9.17, 15) is 19.2 Å². The Morgan fingerprint density at radius 2 is 1.74 bits per heavy atom. The number of carbonyl (C=O) groups is 4. The van der Waals surface area contributed by atoms with E-state index >= 15 is 0 Å². The maximum atomic E-state index is 12.8. The molecule has 2 aromatic carbocycles. The van der Waals surface area contributed by atoms with Crippen LogP contribution in [0.3, 0.4) is 0 Å². The fraction of sp³-hybridized carbons (Fsp3) is 0.273. The minimum Gasteiger partial charge on any atom is -0.482 e. The van der Waals surface area contributed by atoms with Gasteiger partial charge in [-0.05, 0) is 50.2 Å². The first-order valence-electron chi connectivity index (χ1n) is 9.69. The number of rotatable bonds is 6. The number of amides is 2. The van der Waals surface area contributed by atoms with Crippen molar-refractivity contribution in [1.29, 1.82) is 0 Å². The van der Waals surface area contributed by atoms with Gasteiger partial charge in [0.25, 0.3) is 11.8 Å². The van der Waals surface area contributed by atoms with E-state index in [4.69, 9.17) is 9.47 Å². The van der Waals surface area contributed by atoms with Gasteiger partial charge in [-0.2, -0.15) is 0 Å². The quantitative estimate of drug-likeness (QED) is 0.665. The second-order valence-electron chi connectivity index (χ2n) is 7.25. The summed E-state index contributed by atoms with van der Waals surface area (Å²) in [6.07, 6.45) is -0.583. The molecule has 0 radical (unpaired) electrons. The summed E-state index contributed by atoms with van der Waals surface area (Å²) < 4.78 is 10.8. The molecule has 2 aliphatic heterocycles. The second-order valence-corrected chi connectivity index (χ2v) is 8.58. The highest BCUT2D eigenvalue weighted by Crippen LogP contribution is 2.32. The number of carbonyl (C=O) groups excluding carboxylic acids is 4. The average Bonchev–Trinajstić information content (AvgIpc) is 2.76. The number of hydrogen-bond donors (Lipinski definition) is 2. The van der Waals surface area contributed by atoms with Gasteiger partial charge >= 0.3 is 0 Å².